The maximum atomic E-state index is 14.3. The molecule has 1 aromatic carbocycles. The van der Waals surface area contributed by atoms with Gasteiger partial charge in [0, 0.05) is 23.7 Å². The second kappa shape index (κ2) is 5.50. The van der Waals surface area contributed by atoms with Crippen LogP contribution in [0.5, 0.6) is 0 Å². The fourth-order valence-corrected chi connectivity index (χ4v) is 2.37. The van der Waals surface area contributed by atoms with Gasteiger partial charge in [0.05, 0.1) is 21.9 Å². The molecule has 0 spiro atoms. The van der Waals surface area contributed by atoms with Crippen LogP contribution in [-0.4, -0.2) is 15.9 Å². The van der Waals surface area contributed by atoms with Gasteiger partial charge in [-0.2, -0.15) is 0 Å². The van der Waals surface area contributed by atoms with Crippen LogP contribution >= 0.6 is 0 Å². The van der Waals surface area contributed by atoms with E-state index in [1.807, 2.05) is 13.8 Å². The van der Waals surface area contributed by atoms with Gasteiger partial charge in [0.2, 0.25) is 0 Å². The van der Waals surface area contributed by atoms with Crippen molar-refractivity contribution >= 4 is 16.6 Å². The first kappa shape index (κ1) is 14.3. The molecule has 106 valence electrons. The summed E-state index contributed by atoms with van der Waals surface area (Å²) < 4.78 is 14.3. The lowest BCUT2D eigenvalue weighted by molar-refractivity contribution is -0.383. The molecule has 0 saturated heterocycles. The third-order valence-corrected chi connectivity index (χ3v) is 3.63. The molecular weight excluding hydrogens is 261 g/mol. The molecule has 0 fully saturated rings. The number of nitro benzene ring substituents is 1. The van der Waals surface area contributed by atoms with Crippen LogP contribution < -0.4 is 5.73 Å². The molecule has 0 aliphatic heterocycles. The zero-order chi connectivity index (χ0) is 14.9. The van der Waals surface area contributed by atoms with E-state index in [0.29, 0.717) is 22.9 Å². The number of hydrogen-bond donors (Lipinski definition) is 1. The summed E-state index contributed by atoms with van der Waals surface area (Å²) in [5.41, 5.74) is 6.37. The molecule has 0 aliphatic rings. The van der Waals surface area contributed by atoms with Gasteiger partial charge in [-0.25, -0.2) is 4.39 Å². The number of pyridine rings is 1. The number of non-ortho nitro benzene ring substituents is 1. The van der Waals surface area contributed by atoms with Gasteiger partial charge in [0.15, 0.2) is 0 Å². The fraction of sp³-hybridized carbons (Fsp3) is 0.357. The number of fused-ring (bicyclic) bond motifs is 1. The van der Waals surface area contributed by atoms with E-state index in [9.17, 15) is 14.5 Å². The van der Waals surface area contributed by atoms with Gasteiger partial charge in [-0.05, 0) is 18.6 Å². The smallest absolute Gasteiger partial charge is 0.281 e. The lowest BCUT2D eigenvalue weighted by Gasteiger charge is -2.20. The molecule has 0 bridgehead atoms. The van der Waals surface area contributed by atoms with Gasteiger partial charge in [-0.15, -0.1) is 0 Å². The fourth-order valence-electron chi connectivity index (χ4n) is 2.37. The first-order valence-corrected chi connectivity index (χ1v) is 6.44. The first-order valence-electron chi connectivity index (χ1n) is 6.44. The van der Waals surface area contributed by atoms with Crippen LogP contribution in [0.4, 0.5) is 10.1 Å². The molecule has 0 amide bonds. The molecule has 2 unspecified atom stereocenters. The van der Waals surface area contributed by atoms with E-state index in [-0.39, 0.29) is 17.6 Å². The van der Waals surface area contributed by atoms with Crippen molar-refractivity contribution in [3.05, 3.63) is 45.9 Å². The highest BCUT2D eigenvalue weighted by Crippen LogP contribution is 2.34. The second-order valence-electron chi connectivity index (χ2n) is 4.81. The molecule has 1 aromatic heterocycles. The summed E-state index contributed by atoms with van der Waals surface area (Å²) in [5.74, 6) is -0.891. The number of nitro groups is 1. The Labute approximate surface area is 115 Å². The van der Waals surface area contributed by atoms with Crippen molar-refractivity contribution in [1.29, 1.82) is 0 Å². The van der Waals surface area contributed by atoms with Crippen molar-refractivity contribution in [1.82, 2.24) is 4.98 Å². The predicted molar refractivity (Wildman–Crippen MR) is 75.0 cm³/mol. The van der Waals surface area contributed by atoms with E-state index in [4.69, 9.17) is 5.73 Å². The highest BCUT2D eigenvalue weighted by atomic mass is 19.1. The lowest BCUT2D eigenvalue weighted by atomic mass is 9.89. The Morgan fingerprint density at radius 1 is 1.55 bits per heavy atom. The quantitative estimate of drug-likeness (QED) is 0.687. The molecule has 5 nitrogen and oxygen atoms in total. The maximum absolute atomic E-state index is 14.3. The van der Waals surface area contributed by atoms with Gasteiger partial charge in [0.1, 0.15) is 5.82 Å². The number of nitrogens with zero attached hydrogens (tertiary/aromatic N) is 2. The number of hydrogen-bond acceptors (Lipinski definition) is 4. The molecule has 0 aliphatic carbocycles. The second-order valence-corrected chi connectivity index (χ2v) is 4.81. The van der Waals surface area contributed by atoms with E-state index in [2.05, 4.69) is 4.98 Å². The highest BCUT2D eigenvalue weighted by Gasteiger charge is 2.25. The Balaban J connectivity index is 2.76. The monoisotopic (exact) mass is 277 g/mol. The molecular formula is C14H16FN3O2. The minimum Gasteiger partial charge on any atom is -0.327 e. The van der Waals surface area contributed by atoms with E-state index in [0.717, 1.165) is 6.07 Å². The minimum absolute atomic E-state index is 0.226. The van der Waals surface area contributed by atoms with Gasteiger partial charge >= 0.3 is 0 Å². The number of benzene rings is 1. The van der Waals surface area contributed by atoms with Crippen LogP contribution in [0.3, 0.4) is 0 Å². The molecule has 2 N–H and O–H groups in total. The molecule has 0 radical (unpaired) electrons. The largest absolute Gasteiger partial charge is 0.327 e. The SMILES string of the molecule is CCC(N)C(C)c1c(F)cc([N+](=O)[O-])c2cccnc12. The molecule has 6 heteroatoms. The molecule has 2 atom stereocenters. The molecule has 0 saturated carbocycles. The molecule has 1 heterocycles. The zero-order valence-electron chi connectivity index (χ0n) is 11.3. The van der Waals surface area contributed by atoms with E-state index in [1.54, 1.807) is 12.1 Å². The van der Waals surface area contributed by atoms with Crippen molar-refractivity contribution in [2.24, 2.45) is 5.73 Å². The van der Waals surface area contributed by atoms with Gasteiger partial charge < -0.3 is 5.73 Å². The summed E-state index contributed by atoms with van der Waals surface area (Å²) in [6.45, 7) is 3.73. The van der Waals surface area contributed by atoms with Crippen molar-refractivity contribution in [2.45, 2.75) is 32.2 Å². The van der Waals surface area contributed by atoms with Gasteiger partial charge in [-0.1, -0.05) is 13.8 Å². The van der Waals surface area contributed by atoms with Gasteiger partial charge in [0.25, 0.3) is 5.69 Å². The average molecular weight is 277 g/mol. The number of halogens is 1. The Kier molecular flexibility index (Phi) is 3.94. The maximum Gasteiger partial charge on any atom is 0.281 e. The third kappa shape index (κ3) is 2.34. The Hall–Kier alpha value is -2.08. The molecule has 20 heavy (non-hydrogen) atoms. The topological polar surface area (TPSA) is 82.0 Å². The van der Waals surface area contributed by atoms with Crippen LogP contribution in [-0.2, 0) is 0 Å². The average Bonchev–Trinajstić information content (AvgIpc) is 2.44. The summed E-state index contributed by atoms with van der Waals surface area (Å²) in [4.78, 5) is 14.6. The first-order chi connectivity index (χ1) is 9.47. The van der Waals surface area contributed by atoms with Crippen molar-refractivity contribution in [3.8, 4) is 0 Å². The third-order valence-electron chi connectivity index (χ3n) is 3.63. The predicted octanol–water partition coefficient (Wildman–Crippen LogP) is 3.12. The Morgan fingerprint density at radius 3 is 2.85 bits per heavy atom. The normalized spacial score (nSPS) is 14.2. The van der Waals surface area contributed by atoms with Crippen LogP contribution in [0.25, 0.3) is 10.9 Å². The van der Waals surface area contributed by atoms with Crippen LogP contribution in [0, 0.1) is 15.9 Å². The van der Waals surface area contributed by atoms with E-state index >= 15 is 0 Å². The van der Waals surface area contributed by atoms with Crippen LogP contribution in [0.15, 0.2) is 24.4 Å². The summed E-state index contributed by atoms with van der Waals surface area (Å²) in [7, 11) is 0. The molecule has 2 rings (SSSR count). The lowest BCUT2D eigenvalue weighted by Crippen LogP contribution is -2.26. The molecule has 2 aromatic rings. The Bertz CT molecular complexity index is 660. The Morgan fingerprint density at radius 2 is 2.25 bits per heavy atom. The standard InChI is InChI=1S/C14H16FN3O2/c1-3-11(16)8(2)13-10(15)7-12(18(19)20)9-5-4-6-17-14(9)13/h4-8,11H,3,16H2,1-2H3. The number of nitrogens with two attached hydrogens (primary N) is 1. The zero-order valence-corrected chi connectivity index (χ0v) is 11.3. The highest BCUT2D eigenvalue weighted by molar-refractivity contribution is 5.90. The minimum atomic E-state index is -0.626. The summed E-state index contributed by atoms with van der Waals surface area (Å²) >= 11 is 0. The number of aromatic nitrogens is 1. The van der Waals surface area contributed by atoms with E-state index in [1.165, 1.54) is 6.20 Å². The number of rotatable bonds is 4. The summed E-state index contributed by atoms with van der Waals surface area (Å²) in [6.07, 6.45) is 2.19. The van der Waals surface area contributed by atoms with Gasteiger partial charge in [-0.3, -0.25) is 15.1 Å². The van der Waals surface area contributed by atoms with Crippen molar-refractivity contribution in [3.63, 3.8) is 0 Å². The van der Waals surface area contributed by atoms with E-state index < -0.39 is 10.7 Å². The summed E-state index contributed by atoms with van der Waals surface area (Å²) in [6, 6.07) is 3.91. The van der Waals surface area contributed by atoms with Crippen molar-refractivity contribution in [2.75, 3.05) is 0 Å². The summed E-state index contributed by atoms with van der Waals surface area (Å²) in [5, 5.41) is 11.4. The van der Waals surface area contributed by atoms with Crippen LogP contribution in [0.2, 0.25) is 0 Å². The van der Waals surface area contributed by atoms with Crippen molar-refractivity contribution < 1.29 is 9.31 Å². The van der Waals surface area contributed by atoms with Crippen LogP contribution in [0.1, 0.15) is 31.7 Å².